The number of hydrogen-bond acceptors (Lipinski definition) is 3. The van der Waals surface area contributed by atoms with Crippen LogP contribution in [0.5, 0.6) is 0 Å². The molecule has 0 fully saturated rings. The van der Waals surface area contributed by atoms with Crippen molar-refractivity contribution in [2.24, 2.45) is 5.84 Å². The van der Waals surface area contributed by atoms with Crippen molar-refractivity contribution in [2.75, 3.05) is 0 Å². The number of thiophene rings is 1. The molecule has 0 bridgehead atoms. The normalized spacial score (nSPS) is 12.6. The number of nitrogens with two attached hydrogens (primary N) is 1. The van der Waals surface area contributed by atoms with Gasteiger partial charge in [0, 0.05) is 15.5 Å². The van der Waals surface area contributed by atoms with Crippen LogP contribution in [0.3, 0.4) is 0 Å². The van der Waals surface area contributed by atoms with E-state index in [4.69, 9.17) is 17.4 Å². The summed E-state index contributed by atoms with van der Waals surface area (Å²) in [6, 6.07) is 8.26. The van der Waals surface area contributed by atoms with Gasteiger partial charge < -0.3 is 0 Å². The molecular weight excluding hydrogens is 332 g/mol. The first-order chi connectivity index (χ1) is 8.69. The highest BCUT2D eigenvalue weighted by atomic mass is 79.9. The Bertz CT molecular complexity index is 502. The second-order valence-corrected chi connectivity index (χ2v) is 6.24. The lowest BCUT2D eigenvalue weighted by Crippen LogP contribution is -2.38. The highest BCUT2D eigenvalue weighted by molar-refractivity contribution is 9.10. The van der Waals surface area contributed by atoms with Crippen molar-refractivity contribution in [3.8, 4) is 0 Å². The van der Waals surface area contributed by atoms with Crippen molar-refractivity contribution >= 4 is 38.9 Å². The van der Waals surface area contributed by atoms with Crippen molar-refractivity contribution < 1.29 is 0 Å². The molecule has 0 aliphatic heterocycles. The maximum absolute atomic E-state index is 6.22. The lowest BCUT2D eigenvalue weighted by molar-refractivity contribution is 0.523. The Morgan fingerprint density at radius 3 is 2.78 bits per heavy atom. The van der Waals surface area contributed by atoms with E-state index in [1.807, 2.05) is 18.2 Å². The Balaban J connectivity index is 2.05. The Hall–Kier alpha value is -0.390. The van der Waals surface area contributed by atoms with Gasteiger partial charge in [-0.05, 0) is 52.9 Å². The van der Waals surface area contributed by atoms with Crippen molar-refractivity contribution in [3.05, 3.63) is 55.6 Å². The summed E-state index contributed by atoms with van der Waals surface area (Å²) in [6.45, 7) is 0. The second-order valence-electron chi connectivity index (χ2n) is 4.14. The van der Waals surface area contributed by atoms with Crippen molar-refractivity contribution in [1.29, 1.82) is 0 Å². The Kier molecular flexibility index (Phi) is 5.21. The number of halogens is 2. The first-order valence-corrected chi connectivity index (χ1v) is 7.71. The first-order valence-electron chi connectivity index (χ1n) is 5.60. The summed E-state index contributed by atoms with van der Waals surface area (Å²) in [6.07, 6.45) is 1.73. The molecule has 1 atom stereocenters. The molecule has 0 saturated carbocycles. The molecule has 3 N–H and O–H groups in total. The van der Waals surface area contributed by atoms with E-state index in [0.29, 0.717) is 0 Å². The van der Waals surface area contributed by atoms with Crippen LogP contribution in [0, 0.1) is 0 Å². The molecule has 1 heterocycles. The van der Waals surface area contributed by atoms with Crippen LogP contribution in [0.4, 0.5) is 0 Å². The van der Waals surface area contributed by atoms with E-state index >= 15 is 0 Å². The van der Waals surface area contributed by atoms with Gasteiger partial charge in [-0.1, -0.05) is 33.6 Å². The number of hydrogen-bond donors (Lipinski definition) is 2. The minimum atomic E-state index is 0.193. The van der Waals surface area contributed by atoms with Crippen LogP contribution in [0.2, 0.25) is 5.02 Å². The average Bonchev–Trinajstić information content (AvgIpc) is 2.84. The molecule has 5 heteroatoms. The third-order valence-corrected chi connectivity index (χ3v) is 4.36. The summed E-state index contributed by atoms with van der Waals surface area (Å²) in [5, 5.41) is 5.00. The maximum atomic E-state index is 6.22. The molecule has 18 heavy (non-hydrogen) atoms. The van der Waals surface area contributed by atoms with E-state index in [-0.39, 0.29) is 6.04 Å². The van der Waals surface area contributed by atoms with Gasteiger partial charge in [0.1, 0.15) is 0 Å². The molecule has 1 aromatic heterocycles. The molecule has 0 spiro atoms. The zero-order valence-electron chi connectivity index (χ0n) is 9.70. The molecule has 0 amide bonds. The average molecular weight is 346 g/mol. The molecule has 2 aromatic rings. The van der Waals surface area contributed by atoms with E-state index in [2.05, 4.69) is 38.2 Å². The van der Waals surface area contributed by atoms with Gasteiger partial charge in [-0.25, -0.2) is 0 Å². The van der Waals surface area contributed by atoms with Crippen molar-refractivity contribution in [1.82, 2.24) is 5.43 Å². The molecule has 1 aromatic carbocycles. The van der Waals surface area contributed by atoms with Crippen LogP contribution in [-0.2, 0) is 12.8 Å². The smallest absolute Gasteiger partial charge is 0.0449 e. The second kappa shape index (κ2) is 6.68. The van der Waals surface area contributed by atoms with Gasteiger partial charge in [-0.3, -0.25) is 11.3 Å². The standard InChI is InChI=1S/C13H14BrClN2S/c14-11-2-1-10(13(15)7-11)6-12(17-16)5-9-3-4-18-8-9/h1-4,7-8,12,17H,5-6,16H2. The number of rotatable bonds is 5. The van der Waals surface area contributed by atoms with E-state index in [9.17, 15) is 0 Å². The fraction of sp³-hybridized carbons (Fsp3) is 0.231. The van der Waals surface area contributed by atoms with Crippen LogP contribution in [-0.4, -0.2) is 6.04 Å². The topological polar surface area (TPSA) is 38.0 Å². The molecule has 2 rings (SSSR count). The summed E-state index contributed by atoms with van der Waals surface area (Å²) in [4.78, 5) is 0. The summed E-state index contributed by atoms with van der Waals surface area (Å²) in [5.74, 6) is 5.62. The van der Waals surface area contributed by atoms with Crippen LogP contribution < -0.4 is 11.3 Å². The first kappa shape index (κ1) is 14.0. The van der Waals surface area contributed by atoms with Crippen molar-refractivity contribution in [2.45, 2.75) is 18.9 Å². The molecule has 0 aliphatic rings. The molecule has 0 aliphatic carbocycles. The largest absolute Gasteiger partial charge is 0.271 e. The van der Waals surface area contributed by atoms with Gasteiger partial charge in [0.25, 0.3) is 0 Å². The van der Waals surface area contributed by atoms with Gasteiger partial charge >= 0.3 is 0 Å². The summed E-state index contributed by atoms with van der Waals surface area (Å²) in [5.41, 5.74) is 5.28. The van der Waals surface area contributed by atoms with E-state index < -0.39 is 0 Å². The molecular formula is C13H14BrClN2S. The lowest BCUT2D eigenvalue weighted by atomic mass is 10.0. The Morgan fingerprint density at radius 1 is 1.33 bits per heavy atom. The summed E-state index contributed by atoms with van der Waals surface area (Å²) >= 11 is 11.3. The van der Waals surface area contributed by atoms with Crippen LogP contribution >= 0.6 is 38.9 Å². The number of benzene rings is 1. The minimum Gasteiger partial charge on any atom is -0.271 e. The Labute approximate surface area is 124 Å². The van der Waals surface area contributed by atoms with Gasteiger partial charge in [0.05, 0.1) is 0 Å². The van der Waals surface area contributed by atoms with E-state index in [0.717, 1.165) is 27.9 Å². The third-order valence-electron chi connectivity index (χ3n) is 2.78. The fourth-order valence-corrected chi connectivity index (χ4v) is 3.27. The zero-order chi connectivity index (χ0) is 13.0. The predicted molar refractivity (Wildman–Crippen MR) is 82.0 cm³/mol. The van der Waals surface area contributed by atoms with Gasteiger partial charge in [-0.15, -0.1) is 0 Å². The Morgan fingerprint density at radius 2 is 2.17 bits per heavy atom. The fourth-order valence-electron chi connectivity index (χ4n) is 1.84. The molecule has 96 valence electrons. The minimum absolute atomic E-state index is 0.193. The monoisotopic (exact) mass is 344 g/mol. The van der Waals surface area contributed by atoms with Crippen LogP contribution in [0.1, 0.15) is 11.1 Å². The summed E-state index contributed by atoms with van der Waals surface area (Å²) in [7, 11) is 0. The number of nitrogens with one attached hydrogen (secondary N) is 1. The molecule has 0 saturated heterocycles. The predicted octanol–water partition coefficient (Wildman–Crippen LogP) is 3.78. The van der Waals surface area contributed by atoms with Gasteiger partial charge in [0.15, 0.2) is 0 Å². The lowest BCUT2D eigenvalue weighted by Gasteiger charge is -2.16. The van der Waals surface area contributed by atoms with E-state index in [1.54, 1.807) is 11.3 Å². The molecule has 2 nitrogen and oxygen atoms in total. The van der Waals surface area contributed by atoms with Crippen LogP contribution in [0.25, 0.3) is 0 Å². The summed E-state index contributed by atoms with van der Waals surface area (Å²) < 4.78 is 0.992. The molecule has 0 radical (unpaired) electrons. The molecule has 1 unspecified atom stereocenters. The maximum Gasteiger partial charge on any atom is 0.0449 e. The number of hydrazine groups is 1. The SMILES string of the molecule is NNC(Cc1ccsc1)Cc1ccc(Br)cc1Cl. The van der Waals surface area contributed by atoms with Gasteiger partial charge in [0.2, 0.25) is 0 Å². The van der Waals surface area contributed by atoms with Crippen molar-refractivity contribution in [3.63, 3.8) is 0 Å². The van der Waals surface area contributed by atoms with E-state index in [1.165, 1.54) is 5.56 Å². The highest BCUT2D eigenvalue weighted by Gasteiger charge is 2.11. The van der Waals surface area contributed by atoms with Crippen LogP contribution in [0.15, 0.2) is 39.5 Å². The zero-order valence-corrected chi connectivity index (χ0v) is 12.9. The quantitative estimate of drug-likeness (QED) is 0.639. The van der Waals surface area contributed by atoms with Gasteiger partial charge in [-0.2, -0.15) is 11.3 Å². The highest BCUT2D eigenvalue weighted by Crippen LogP contribution is 2.23. The third kappa shape index (κ3) is 3.80.